The molecule has 1 saturated heterocycles. The summed E-state index contributed by atoms with van der Waals surface area (Å²) in [6.07, 6.45) is 2.00. The molecule has 1 aromatic heterocycles. The van der Waals surface area contributed by atoms with Gasteiger partial charge in [0.1, 0.15) is 11.2 Å². The van der Waals surface area contributed by atoms with E-state index in [9.17, 15) is 14.9 Å². The van der Waals surface area contributed by atoms with E-state index in [1.165, 1.54) is 6.07 Å². The van der Waals surface area contributed by atoms with Crippen LogP contribution in [-0.2, 0) is 0 Å². The summed E-state index contributed by atoms with van der Waals surface area (Å²) in [4.78, 5) is 30.6. The first kappa shape index (κ1) is 21.9. The van der Waals surface area contributed by atoms with Crippen molar-refractivity contribution in [2.24, 2.45) is 0 Å². The summed E-state index contributed by atoms with van der Waals surface area (Å²) in [5.41, 5.74) is 4.07. The molecule has 0 atom stereocenters. The number of anilines is 2. The molecule has 172 valence electrons. The highest BCUT2D eigenvalue weighted by Crippen LogP contribution is 2.34. The normalized spacial score (nSPS) is 13.4. The van der Waals surface area contributed by atoms with E-state index in [1.807, 2.05) is 30.0 Å². The number of aromatic nitrogens is 1. The van der Waals surface area contributed by atoms with Gasteiger partial charge in [0, 0.05) is 30.4 Å². The molecule has 9 heteroatoms. The number of hydrogen-bond donors (Lipinski definition) is 1. The van der Waals surface area contributed by atoms with Crippen molar-refractivity contribution < 1.29 is 14.1 Å². The minimum Gasteiger partial charge on any atom is -0.436 e. The quantitative estimate of drug-likeness (QED) is 0.271. The number of nitrogens with one attached hydrogen (secondary N) is 1. The first-order valence-electron chi connectivity index (χ1n) is 10.9. The lowest BCUT2D eigenvalue weighted by Gasteiger charge is -2.17. The van der Waals surface area contributed by atoms with E-state index in [4.69, 9.17) is 16.0 Å². The minimum atomic E-state index is -0.461. The largest absolute Gasteiger partial charge is 0.436 e. The average Bonchev–Trinajstić information content (AvgIpc) is 3.49. The Morgan fingerprint density at radius 1 is 1.12 bits per heavy atom. The molecule has 2 heterocycles. The zero-order valence-corrected chi connectivity index (χ0v) is 19.1. The van der Waals surface area contributed by atoms with Crippen molar-refractivity contribution in [3.8, 4) is 11.5 Å². The molecule has 0 spiro atoms. The molecule has 0 bridgehead atoms. The Bertz CT molecular complexity index is 1430. The van der Waals surface area contributed by atoms with Crippen molar-refractivity contribution in [3.05, 3.63) is 80.9 Å². The predicted octanol–water partition coefficient (Wildman–Crippen LogP) is 6.22. The summed E-state index contributed by atoms with van der Waals surface area (Å²) in [6.45, 7) is 3.52. The van der Waals surface area contributed by atoms with Gasteiger partial charge in [-0.25, -0.2) is 4.98 Å². The molecule has 1 N–H and O–H groups in total. The monoisotopic (exact) mass is 476 g/mol. The van der Waals surface area contributed by atoms with Crippen molar-refractivity contribution >= 4 is 45.7 Å². The highest BCUT2D eigenvalue weighted by Gasteiger charge is 2.24. The standard InChI is InChI=1S/C25H21ClN4O4/c1-15-4-9-23-20(12-15)28-25(34-23)18-14-17(6-7-19(18)26)27-24(31)16-5-8-21(22(13-16)30(32)33)29-10-2-3-11-29/h4-9,12-14H,2-3,10-11H2,1H3,(H,27,31). The van der Waals surface area contributed by atoms with Gasteiger partial charge in [0.15, 0.2) is 5.58 Å². The number of rotatable bonds is 5. The third-order valence-electron chi connectivity index (χ3n) is 5.88. The van der Waals surface area contributed by atoms with Crippen molar-refractivity contribution in [3.63, 3.8) is 0 Å². The van der Waals surface area contributed by atoms with Crippen LogP contribution in [0.15, 0.2) is 59.0 Å². The van der Waals surface area contributed by atoms with E-state index in [0.717, 1.165) is 31.5 Å². The topological polar surface area (TPSA) is 102 Å². The van der Waals surface area contributed by atoms with Crippen LogP contribution in [0.25, 0.3) is 22.6 Å². The fourth-order valence-corrected chi connectivity index (χ4v) is 4.36. The summed E-state index contributed by atoms with van der Waals surface area (Å²) in [6, 6.07) is 15.2. The number of halogens is 1. The van der Waals surface area contributed by atoms with E-state index in [-0.39, 0.29) is 11.3 Å². The molecule has 5 rings (SSSR count). The predicted molar refractivity (Wildman–Crippen MR) is 132 cm³/mol. The number of amides is 1. The van der Waals surface area contributed by atoms with Crippen LogP contribution in [0.4, 0.5) is 17.1 Å². The molecular weight excluding hydrogens is 456 g/mol. The molecule has 0 radical (unpaired) electrons. The Labute approximate surface area is 200 Å². The molecule has 1 aliphatic heterocycles. The molecule has 1 amide bonds. The van der Waals surface area contributed by atoms with Crippen LogP contribution in [0, 0.1) is 17.0 Å². The number of carbonyl (C=O) groups is 1. The van der Waals surface area contributed by atoms with Gasteiger partial charge in [-0.05, 0) is 67.8 Å². The number of nitro benzene ring substituents is 1. The van der Waals surface area contributed by atoms with Crippen LogP contribution in [0.3, 0.4) is 0 Å². The lowest BCUT2D eigenvalue weighted by atomic mass is 10.1. The summed E-state index contributed by atoms with van der Waals surface area (Å²) >= 11 is 6.39. The van der Waals surface area contributed by atoms with Crippen LogP contribution >= 0.6 is 11.6 Å². The Morgan fingerprint density at radius 2 is 1.91 bits per heavy atom. The van der Waals surface area contributed by atoms with Gasteiger partial charge in [-0.2, -0.15) is 0 Å². The number of oxazole rings is 1. The van der Waals surface area contributed by atoms with Gasteiger partial charge in [-0.3, -0.25) is 14.9 Å². The number of fused-ring (bicyclic) bond motifs is 1. The average molecular weight is 477 g/mol. The van der Waals surface area contributed by atoms with E-state index in [2.05, 4.69) is 10.3 Å². The van der Waals surface area contributed by atoms with Crippen molar-refractivity contribution in [1.82, 2.24) is 4.98 Å². The van der Waals surface area contributed by atoms with Gasteiger partial charge in [0.2, 0.25) is 5.89 Å². The second kappa shape index (κ2) is 8.79. The van der Waals surface area contributed by atoms with E-state index in [0.29, 0.717) is 39.0 Å². The maximum Gasteiger partial charge on any atom is 0.293 e. The Morgan fingerprint density at radius 3 is 2.68 bits per heavy atom. The van der Waals surface area contributed by atoms with E-state index in [1.54, 1.807) is 30.3 Å². The number of nitrogens with zero attached hydrogens (tertiary/aromatic N) is 3. The molecule has 0 saturated carbocycles. The van der Waals surface area contributed by atoms with Gasteiger partial charge >= 0.3 is 0 Å². The number of nitro groups is 1. The third kappa shape index (κ3) is 4.20. The molecule has 8 nitrogen and oxygen atoms in total. The molecule has 0 unspecified atom stereocenters. The van der Waals surface area contributed by atoms with Gasteiger partial charge in [0.05, 0.1) is 15.5 Å². The molecule has 4 aromatic rings. The fraction of sp³-hybridized carbons (Fsp3) is 0.200. The number of aryl methyl sites for hydroxylation is 1. The summed E-state index contributed by atoms with van der Waals surface area (Å²) < 4.78 is 5.85. The number of benzene rings is 3. The van der Waals surface area contributed by atoms with E-state index >= 15 is 0 Å². The number of hydrogen-bond acceptors (Lipinski definition) is 6. The Kier molecular flexibility index (Phi) is 5.67. The summed E-state index contributed by atoms with van der Waals surface area (Å²) in [7, 11) is 0. The summed E-state index contributed by atoms with van der Waals surface area (Å²) in [5.74, 6) is -0.121. The van der Waals surface area contributed by atoms with Crippen molar-refractivity contribution in [2.75, 3.05) is 23.3 Å². The summed E-state index contributed by atoms with van der Waals surface area (Å²) in [5, 5.41) is 14.9. The van der Waals surface area contributed by atoms with Crippen molar-refractivity contribution in [2.45, 2.75) is 19.8 Å². The zero-order valence-electron chi connectivity index (χ0n) is 18.4. The molecular formula is C25H21ClN4O4. The van der Waals surface area contributed by atoms with Crippen LogP contribution in [-0.4, -0.2) is 28.9 Å². The van der Waals surface area contributed by atoms with Gasteiger partial charge < -0.3 is 14.6 Å². The van der Waals surface area contributed by atoms with Crippen molar-refractivity contribution in [1.29, 1.82) is 0 Å². The smallest absolute Gasteiger partial charge is 0.293 e. The molecule has 3 aromatic carbocycles. The first-order valence-corrected chi connectivity index (χ1v) is 11.3. The number of carbonyl (C=O) groups excluding carboxylic acids is 1. The van der Waals surface area contributed by atoms with Crippen LogP contribution in [0.5, 0.6) is 0 Å². The van der Waals surface area contributed by atoms with E-state index < -0.39 is 10.8 Å². The first-order chi connectivity index (χ1) is 16.4. The zero-order chi connectivity index (χ0) is 23.8. The maximum atomic E-state index is 12.9. The third-order valence-corrected chi connectivity index (χ3v) is 6.21. The second-order valence-corrected chi connectivity index (χ2v) is 8.70. The minimum absolute atomic E-state index is 0.0758. The van der Waals surface area contributed by atoms with Crippen LogP contribution < -0.4 is 10.2 Å². The maximum absolute atomic E-state index is 12.9. The SMILES string of the molecule is Cc1ccc2oc(-c3cc(NC(=O)c4ccc(N5CCCC5)c([N+](=O)[O-])c4)ccc3Cl)nc2c1. The lowest BCUT2D eigenvalue weighted by Crippen LogP contribution is -2.19. The highest BCUT2D eigenvalue weighted by molar-refractivity contribution is 6.33. The van der Waals surface area contributed by atoms with Crippen LogP contribution in [0.2, 0.25) is 5.02 Å². The van der Waals surface area contributed by atoms with Gasteiger partial charge in [0.25, 0.3) is 11.6 Å². The van der Waals surface area contributed by atoms with Gasteiger partial charge in [-0.1, -0.05) is 17.7 Å². The second-order valence-electron chi connectivity index (χ2n) is 8.29. The lowest BCUT2D eigenvalue weighted by molar-refractivity contribution is -0.384. The molecule has 0 aliphatic carbocycles. The van der Waals surface area contributed by atoms with Gasteiger partial charge in [-0.15, -0.1) is 0 Å². The Hall–Kier alpha value is -3.91. The highest BCUT2D eigenvalue weighted by atomic mass is 35.5. The Balaban J connectivity index is 1.42. The molecule has 1 aliphatic rings. The molecule has 1 fully saturated rings. The molecule has 34 heavy (non-hydrogen) atoms. The van der Waals surface area contributed by atoms with Crippen LogP contribution in [0.1, 0.15) is 28.8 Å². The fourth-order valence-electron chi connectivity index (χ4n) is 4.16.